The van der Waals surface area contributed by atoms with Gasteiger partial charge in [0.2, 0.25) is 0 Å². The number of hydrogen-bond donors (Lipinski definition) is 1. The number of anilines is 2. The molecule has 0 unspecified atom stereocenters. The van der Waals surface area contributed by atoms with E-state index in [1.807, 2.05) is 47.8 Å². The van der Waals surface area contributed by atoms with Gasteiger partial charge in [-0.05, 0) is 54.4 Å². The first-order valence-corrected chi connectivity index (χ1v) is 11.4. The highest BCUT2D eigenvalue weighted by atomic mass is 15.5. The van der Waals surface area contributed by atoms with Gasteiger partial charge in [-0.25, -0.2) is 5.01 Å². The van der Waals surface area contributed by atoms with Crippen LogP contribution in [0, 0.1) is 0 Å². The maximum Gasteiger partial charge on any atom is 0.132 e. The zero-order valence-corrected chi connectivity index (χ0v) is 18.4. The topological polar surface area (TPSA) is 36.3 Å². The minimum absolute atomic E-state index is 0.932. The van der Waals surface area contributed by atoms with Crippen LogP contribution in [0.4, 0.5) is 11.5 Å². The fourth-order valence-electron chi connectivity index (χ4n) is 4.33. The minimum atomic E-state index is 0.932. The highest BCUT2D eigenvalue weighted by Crippen LogP contribution is 2.30. The van der Waals surface area contributed by atoms with Crippen molar-refractivity contribution in [2.24, 2.45) is 5.10 Å². The Balaban J connectivity index is 1.53. The van der Waals surface area contributed by atoms with Crippen LogP contribution in [0.5, 0.6) is 0 Å². The second-order valence-corrected chi connectivity index (χ2v) is 8.10. The molecular formula is C28H28N4. The number of para-hydroxylation sites is 2. The van der Waals surface area contributed by atoms with Gasteiger partial charge in [0.05, 0.1) is 11.9 Å². The van der Waals surface area contributed by atoms with Crippen molar-refractivity contribution in [1.82, 2.24) is 9.55 Å². The van der Waals surface area contributed by atoms with Crippen molar-refractivity contribution in [3.05, 3.63) is 96.7 Å². The van der Waals surface area contributed by atoms with E-state index >= 15 is 0 Å². The average Bonchev–Trinajstić information content (AvgIpc) is 3.47. The van der Waals surface area contributed by atoms with Crippen molar-refractivity contribution >= 4 is 39.5 Å². The third-order valence-corrected chi connectivity index (χ3v) is 5.91. The van der Waals surface area contributed by atoms with E-state index in [1.165, 1.54) is 41.1 Å². The van der Waals surface area contributed by atoms with E-state index in [9.17, 15) is 0 Å². The zero-order chi connectivity index (χ0) is 21.8. The molecule has 0 radical (unpaired) electrons. The van der Waals surface area contributed by atoms with Crippen molar-refractivity contribution in [3.63, 3.8) is 0 Å². The summed E-state index contributed by atoms with van der Waals surface area (Å²) in [5.41, 5.74) is 4.70. The van der Waals surface area contributed by atoms with Gasteiger partial charge in [-0.15, -0.1) is 0 Å². The Morgan fingerprint density at radius 2 is 1.66 bits per heavy atom. The number of nitrogens with one attached hydrogen (secondary N) is 1. The lowest BCUT2D eigenvalue weighted by molar-refractivity contribution is 0.627. The van der Waals surface area contributed by atoms with Gasteiger partial charge in [0, 0.05) is 34.5 Å². The maximum absolute atomic E-state index is 4.83. The van der Waals surface area contributed by atoms with Crippen LogP contribution in [0.25, 0.3) is 21.8 Å². The van der Waals surface area contributed by atoms with Crippen LogP contribution in [-0.2, 0) is 6.54 Å². The molecule has 0 amide bonds. The number of hydrogen-bond acceptors (Lipinski definition) is 2. The molecule has 0 aliphatic heterocycles. The minimum Gasteiger partial charge on any atom is -0.347 e. The molecule has 0 saturated carbocycles. The molecule has 0 atom stereocenters. The van der Waals surface area contributed by atoms with E-state index in [0.717, 1.165) is 23.6 Å². The first-order valence-electron chi connectivity index (χ1n) is 11.4. The fraction of sp³-hybridized carbons (Fsp3) is 0.179. The first-order chi connectivity index (χ1) is 15.8. The normalized spacial score (nSPS) is 11.7. The molecule has 0 fully saturated rings. The van der Waals surface area contributed by atoms with Gasteiger partial charge >= 0.3 is 0 Å². The lowest BCUT2D eigenvalue weighted by Gasteiger charge is -2.17. The molecular weight excluding hydrogens is 392 g/mol. The van der Waals surface area contributed by atoms with Crippen molar-refractivity contribution in [1.29, 1.82) is 0 Å². The number of fused-ring (bicyclic) bond motifs is 3. The highest BCUT2D eigenvalue weighted by Gasteiger charge is 2.11. The molecule has 1 N–H and O–H groups in total. The number of aryl methyl sites for hydroxylation is 1. The van der Waals surface area contributed by atoms with Gasteiger partial charge in [0.25, 0.3) is 0 Å². The first kappa shape index (κ1) is 20.1. The molecule has 3 aromatic carbocycles. The van der Waals surface area contributed by atoms with Gasteiger partial charge in [0.15, 0.2) is 0 Å². The summed E-state index contributed by atoms with van der Waals surface area (Å²) < 4.78 is 2.47. The second-order valence-electron chi connectivity index (χ2n) is 8.10. The van der Waals surface area contributed by atoms with Crippen molar-refractivity contribution in [2.75, 3.05) is 5.01 Å². The Morgan fingerprint density at radius 3 is 2.47 bits per heavy atom. The third kappa shape index (κ3) is 3.92. The van der Waals surface area contributed by atoms with Crippen LogP contribution in [0.1, 0.15) is 31.7 Å². The van der Waals surface area contributed by atoms with E-state index in [-0.39, 0.29) is 0 Å². The molecule has 0 saturated heterocycles. The van der Waals surface area contributed by atoms with E-state index < -0.39 is 0 Å². The molecule has 0 aliphatic carbocycles. The Hall–Kier alpha value is -3.79. The van der Waals surface area contributed by atoms with Crippen molar-refractivity contribution in [2.45, 2.75) is 32.7 Å². The molecule has 32 heavy (non-hydrogen) atoms. The molecule has 160 valence electrons. The summed E-state index contributed by atoms with van der Waals surface area (Å²) in [7, 11) is 0. The molecule has 2 aromatic heterocycles. The Bertz CT molecular complexity index is 1330. The van der Waals surface area contributed by atoms with E-state index in [0.29, 0.717) is 0 Å². The summed E-state index contributed by atoms with van der Waals surface area (Å²) in [4.78, 5) is 3.26. The van der Waals surface area contributed by atoms with Gasteiger partial charge in [0.1, 0.15) is 5.82 Å². The summed E-state index contributed by atoms with van der Waals surface area (Å²) in [5, 5.41) is 9.35. The molecule has 0 bridgehead atoms. The fourth-order valence-corrected chi connectivity index (χ4v) is 4.33. The summed E-state index contributed by atoms with van der Waals surface area (Å²) >= 11 is 0. The van der Waals surface area contributed by atoms with Crippen molar-refractivity contribution in [3.8, 4) is 0 Å². The highest BCUT2D eigenvalue weighted by molar-refractivity contribution is 6.09. The average molecular weight is 421 g/mol. The van der Waals surface area contributed by atoms with Crippen LogP contribution < -0.4 is 5.01 Å². The van der Waals surface area contributed by atoms with Crippen LogP contribution in [0.3, 0.4) is 0 Å². The summed E-state index contributed by atoms with van der Waals surface area (Å²) in [6, 6.07) is 29.6. The SMILES string of the molecule is CCCCCn1c2ccccc2c2cc(/C=N\N(c3ccccc3)c3ccc[nH]3)ccc21. The Labute approximate surface area is 188 Å². The second kappa shape index (κ2) is 9.15. The third-order valence-electron chi connectivity index (χ3n) is 5.91. The monoisotopic (exact) mass is 420 g/mol. The number of nitrogens with zero attached hydrogens (tertiary/aromatic N) is 3. The standard InChI is InChI=1S/C28H28N4/c1-2-3-9-19-31-26-14-8-7-13-24(26)25-20-22(16-17-27(25)31)21-30-32(28-15-10-18-29-28)23-11-5-4-6-12-23/h4-8,10-18,20-21,29H,2-3,9,19H2,1H3/b30-21-. The molecule has 4 heteroatoms. The number of aromatic nitrogens is 2. The van der Waals surface area contributed by atoms with E-state index in [2.05, 4.69) is 71.1 Å². The van der Waals surface area contributed by atoms with Crippen LogP contribution in [0.15, 0.2) is 96.2 Å². The quantitative estimate of drug-likeness (QED) is 0.158. The lowest BCUT2D eigenvalue weighted by Crippen LogP contribution is -2.09. The van der Waals surface area contributed by atoms with E-state index in [4.69, 9.17) is 5.10 Å². The zero-order valence-electron chi connectivity index (χ0n) is 18.4. The molecule has 5 rings (SSSR count). The number of unbranched alkanes of at least 4 members (excludes halogenated alkanes) is 2. The number of rotatable bonds is 8. The summed E-state index contributed by atoms with van der Waals surface area (Å²) in [5.74, 6) is 0.932. The molecule has 5 aromatic rings. The summed E-state index contributed by atoms with van der Waals surface area (Å²) in [6.45, 7) is 3.31. The molecule has 2 heterocycles. The van der Waals surface area contributed by atoms with Crippen molar-refractivity contribution < 1.29 is 0 Å². The number of aromatic amines is 1. The molecule has 0 spiro atoms. The van der Waals surface area contributed by atoms with Crippen LogP contribution in [0.2, 0.25) is 0 Å². The largest absolute Gasteiger partial charge is 0.347 e. The van der Waals surface area contributed by atoms with Gasteiger partial charge in [-0.3, -0.25) is 0 Å². The van der Waals surface area contributed by atoms with Gasteiger partial charge < -0.3 is 9.55 Å². The molecule has 4 nitrogen and oxygen atoms in total. The summed E-state index contributed by atoms with van der Waals surface area (Å²) in [6.07, 6.45) is 7.55. The smallest absolute Gasteiger partial charge is 0.132 e. The Morgan fingerprint density at radius 1 is 0.844 bits per heavy atom. The predicted molar refractivity (Wildman–Crippen MR) is 136 cm³/mol. The molecule has 0 aliphatic rings. The maximum atomic E-state index is 4.83. The number of hydrazone groups is 1. The number of H-pyrrole nitrogens is 1. The predicted octanol–water partition coefficient (Wildman–Crippen LogP) is 7.49. The lowest BCUT2D eigenvalue weighted by atomic mass is 10.1. The number of benzene rings is 3. The Kier molecular flexibility index (Phi) is 5.75. The van der Waals surface area contributed by atoms with Gasteiger partial charge in [-0.1, -0.05) is 62.2 Å². The van der Waals surface area contributed by atoms with Crippen LogP contribution in [-0.4, -0.2) is 15.8 Å². The van der Waals surface area contributed by atoms with Gasteiger partial charge in [-0.2, -0.15) is 5.10 Å². The van der Waals surface area contributed by atoms with Crippen LogP contribution >= 0.6 is 0 Å². The van der Waals surface area contributed by atoms with E-state index in [1.54, 1.807) is 0 Å².